The van der Waals surface area contributed by atoms with E-state index in [-0.39, 0.29) is 0 Å². The Morgan fingerprint density at radius 1 is 0.246 bits per heavy atom. The van der Waals surface area contributed by atoms with Gasteiger partial charge >= 0.3 is 0 Å². The molecule has 4 nitrogen and oxygen atoms in total. The van der Waals surface area contributed by atoms with Crippen LogP contribution in [0.15, 0.2) is 231 Å². The maximum atomic E-state index is 5.52. The lowest BCUT2D eigenvalue weighted by molar-refractivity contribution is 1.15. The first kappa shape index (κ1) is 34.8. The summed E-state index contributed by atoms with van der Waals surface area (Å²) in [7, 11) is 0. The van der Waals surface area contributed by atoms with Gasteiger partial charge in [-0.3, -0.25) is 0 Å². The van der Waals surface area contributed by atoms with Crippen LogP contribution in [0.4, 0.5) is 0 Å². The van der Waals surface area contributed by atoms with Crippen LogP contribution in [-0.4, -0.2) is 18.7 Å². The summed E-state index contributed by atoms with van der Waals surface area (Å²) < 4.78 is 7.43. The van der Waals surface area contributed by atoms with E-state index < -0.39 is 0 Å². The molecule has 0 amide bonds. The summed E-state index contributed by atoms with van der Waals surface area (Å²) in [4.78, 5) is 5.52. The van der Waals surface area contributed by atoms with E-state index in [1.165, 1.54) is 21.9 Å². The van der Waals surface area contributed by atoms with E-state index in [4.69, 9.17) is 4.98 Å². The van der Waals surface area contributed by atoms with Crippen molar-refractivity contribution in [3.05, 3.63) is 231 Å². The Morgan fingerprint density at radius 2 is 0.607 bits per heavy atom. The molecule has 0 saturated heterocycles. The number of para-hydroxylation sites is 4. The molecule has 286 valence electrons. The predicted molar refractivity (Wildman–Crippen MR) is 254 cm³/mol. The van der Waals surface area contributed by atoms with Crippen LogP contribution in [0.5, 0.6) is 0 Å². The van der Waals surface area contributed by atoms with E-state index >= 15 is 0 Å². The maximum Gasteiger partial charge on any atom is 0.0975 e. The van der Waals surface area contributed by atoms with Gasteiger partial charge in [0.05, 0.1) is 50.2 Å². The topological polar surface area (TPSA) is 27.7 Å². The fourth-order valence-corrected chi connectivity index (χ4v) is 9.31. The lowest BCUT2D eigenvalue weighted by Gasteiger charge is -2.14. The molecule has 61 heavy (non-hydrogen) atoms. The summed E-state index contributed by atoms with van der Waals surface area (Å²) in [5.74, 6) is 0. The fraction of sp³-hybridized carbons (Fsp3) is 0. The quantitative estimate of drug-likeness (QED) is 0.158. The van der Waals surface area contributed by atoms with Crippen LogP contribution in [0.3, 0.4) is 0 Å². The molecule has 4 aromatic heterocycles. The maximum absolute atomic E-state index is 5.52. The highest BCUT2D eigenvalue weighted by molar-refractivity contribution is 6.25. The number of hydrogen-bond acceptors (Lipinski definition) is 1. The van der Waals surface area contributed by atoms with Gasteiger partial charge in [0.15, 0.2) is 0 Å². The summed E-state index contributed by atoms with van der Waals surface area (Å²) in [6, 6.07) is 82.6. The van der Waals surface area contributed by atoms with Gasteiger partial charge in [-0.25, -0.2) is 4.98 Å². The molecule has 4 heterocycles. The largest absolute Gasteiger partial charge is 0.306 e. The number of benzene rings is 8. The van der Waals surface area contributed by atoms with Crippen molar-refractivity contribution in [1.29, 1.82) is 0 Å². The average Bonchev–Trinajstić information content (AvgIpc) is 3.98. The van der Waals surface area contributed by atoms with Gasteiger partial charge in [-0.05, 0) is 82.9 Å². The van der Waals surface area contributed by atoms with E-state index in [0.29, 0.717) is 0 Å². The van der Waals surface area contributed by atoms with Crippen LogP contribution in [0.1, 0.15) is 0 Å². The van der Waals surface area contributed by atoms with Gasteiger partial charge in [0.2, 0.25) is 0 Å². The second-order valence-corrected chi connectivity index (χ2v) is 15.6. The molecule has 0 saturated carbocycles. The van der Waals surface area contributed by atoms with Crippen LogP contribution in [0, 0.1) is 0 Å². The summed E-state index contributed by atoms with van der Waals surface area (Å²) in [5.41, 5.74) is 18.8. The minimum absolute atomic E-state index is 0.906. The lowest BCUT2D eigenvalue weighted by Crippen LogP contribution is -1.98. The second-order valence-electron chi connectivity index (χ2n) is 15.6. The Kier molecular flexibility index (Phi) is 8.13. The standard InChI is InChI=1S/C57H38N4/c1-5-19-39(20-6-1)41-23-17-25-43(35-41)50-37-47(38-51(58-50)44-26-18-24-42(36-44)40-21-7-2-8-22-40)61-54-48-31-13-15-33-52(48)59(45-27-9-3-10-28-45)56(54)57-55(61)49-32-14-16-34-53(49)60(57)46-29-11-4-12-30-46/h1-38H. The SMILES string of the molecule is c1ccc(-c2cccc(-c3cc(-n4c5c6ccccc6n(-c6ccccc6)c5c5c4c4ccccc4n5-c4ccccc4)cc(-c4cccc(-c5ccccc5)c4)n3)c2)cc1. The molecule has 0 spiro atoms. The van der Waals surface area contributed by atoms with Crippen LogP contribution in [0.2, 0.25) is 0 Å². The zero-order valence-corrected chi connectivity index (χ0v) is 33.2. The molecule has 0 radical (unpaired) electrons. The van der Waals surface area contributed by atoms with Crippen molar-refractivity contribution in [2.24, 2.45) is 0 Å². The fourth-order valence-electron chi connectivity index (χ4n) is 9.31. The van der Waals surface area contributed by atoms with E-state index in [9.17, 15) is 0 Å². The van der Waals surface area contributed by atoms with Crippen molar-refractivity contribution in [1.82, 2.24) is 18.7 Å². The Bertz CT molecular complexity index is 3330. The van der Waals surface area contributed by atoms with Crippen LogP contribution >= 0.6 is 0 Å². The minimum atomic E-state index is 0.906. The molecule has 12 aromatic rings. The van der Waals surface area contributed by atoms with E-state index in [1.807, 2.05) is 0 Å². The lowest BCUT2D eigenvalue weighted by atomic mass is 9.99. The normalized spacial score (nSPS) is 11.6. The van der Waals surface area contributed by atoms with Crippen LogP contribution < -0.4 is 0 Å². The molecule has 8 aromatic carbocycles. The molecule has 0 bridgehead atoms. The molecular weight excluding hydrogens is 741 g/mol. The monoisotopic (exact) mass is 778 g/mol. The first-order chi connectivity index (χ1) is 30.3. The minimum Gasteiger partial charge on any atom is -0.306 e. The third-order valence-electron chi connectivity index (χ3n) is 12.0. The third kappa shape index (κ3) is 5.72. The van der Waals surface area contributed by atoms with Gasteiger partial charge in [-0.2, -0.15) is 0 Å². The number of rotatable bonds is 7. The van der Waals surface area contributed by atoms with Crippen molar-refractivity contribution in [3.8, 4) is 61.8 Å². The highest BCUT2D eigenvalue weighted by atomic mass is 15.1. The summed E-state index contributed by atoms with van der Waals surface area (Å²) in [6.45, 7) is 0. The smallest absolute Gasteiger partial charge is 0.0975 e. The molecule has 4 heteroatoms. The van der Waals surface area contributed by atoms with E-state index in [0.717, 1.165) is 83.8 Å². The number of hydrogen-bond donors (Lipinski definition) is 0. The molecule has 0 atom stereocenters. The summed E-state index contributed by atoms with van der Waals surface area (Å²) in [5, 5.41) is 2.36. The molecule has 0 unspecified atom stereocenters. The van der Waals surface area contributed by atoms with Gasteiger partial charge in [0.25, 0.3) is 0 Å². The van der Waals surface area contributed by atoms with Crippen molar-refractivity contribution < 1.29 is 0 Å². The van der Waals surface area contributed by atoms with Crippen molar-refractivity contribution >= 4 is 43.9 Å². The Balaban J connectivity index is 1.23. The van der Waals surface area contributed by atoms with Crippen molar-refractivity contribution in [3.63, 3.8) is 0 Å². The molecule has 0 N–H and O–H groups in total. The molecular formula is C57H38N4. The highest BCUT2D eigenvalue weighted by Crippen LogP contribution is 2.46. The predicted octanol–water partition coefficient (Wildman–Crippen LogP) is 14.7. The number of pyridine rings is 1. The Hall–Kier alpha value is -8.21. The number of nitrogens with zero attached hydrogens (tertiary/aromatic N) is 4. The first-order valence-corrected chi connectivity index (χ1v) is 20.8. The van der Waals surface area contributed by atoms with Gasteiger partial charge in [0, 0.05) is 33.3 Å². The molecule has 0 fully saturated rings. The van der Waals surface area contributed by atoms with E-state index in [1.54, 1.807) is 0 Å². The van der Waals surface area contributed by atoms with Gasteiger partial charge < -0.3 is 13.7 Å². The van der Waals surface area contributed by atoms with Crippen molar-refractivity contribution in [2.75, 3.05) is 0 Å². The van der Waals surface area contributed by atoms with Gasteiger partial charge in [-0.1, -0.05) is 170 Å². The van der Waals surface area contributed by atoms with Gasteiger partial charge in [0.1, 0.15) is 0 Å². The first-order valence-electron chi connectivity index (χ1n) is 20.8. The third-order valence-corrected chi connectivity index (χ3v) is 12.0. The van der Waals surface area contributed by atoms with Crippen LogP contribution in [0.25, 0.3) is 106 Å². The Labute approximate surface area is 353 Å². The second kappa shape index (κ2) is 14.3. The summed E-state index contributed by atoms with van der Waals surface area (Å²) >= 11 is 0. The highest BCUT2D eigenvalue weighted by Gasteiger charge is 2.28. The van der Waals surface area contributed by atoms with Gasteiger partial charge in [-0.15, -0.1) is 0 Å². The number of aromatic nitrogens is 4. The molecule has 0 aliphatic carbocycles. The van der Waals surface area contributed by atoms with Crippen molar-refractivity contribution in [2.45, 2.75) is 0 Å². The Morgan fingerprint density at radius 3 is 1.05 bits per heavy atom. The molecule has 12 rings (SSSR count). The number of fused-ring (bicyclic) bond motifs is 7. The molecule has 0 aliphatic heterocycles. The van der Waals surface area contributed by atoms with E-state index in [2.05, 4.69) is 244 Å². The van der Waals surface area contributed by atoms with Crippen LogP contribution in [-0.2, 0) is 0 Å². The zero-order valence-electron chi connectivity index (χ0n) is 33.2. The average molecular weight is 779 g/mol. The molecule has 0 aliphatic rings. The zero-order chi connectivity index (χ0) is 40.3. The summed E-state index contributed by atoms with van der Waals surface area (Å²) in [6.07, 6.45) is 0.